The van der Waals surface area contributed by atoms with Crippen LogP contribution in [0.1, 0.15) is 32.3 Å². The molecule has 6 heteroatoms. The van der Waals surface area contributed by atoms with Gasteiger partial charge in [0.1, 0.15) is 5.82 Å². The maximum absolute atomic E-state index is 13.2. The standard InChI is InChI=1S/C21H26FN3O2/c1-14(2)16-8-10-18(11-9-16)24-21(27)15(3)25(4)13-20(26)23-19-7-5-6-17(22)12-19/h5-12,14-15H,13H2,1-4H3,(H,23,26)(H,24,27)/p+1/t15-/m0/s1. The van der Waals surface area contributed by atoms with Crippen molar-refractivity contribution in [3.8, 4) is 0 Å². The molecular formula is C21H27FN3O2+. The molecule has 0 saturated heterocycles. The summed E-state index contributed by atoms with van der Waals surface area (Å²) in [6, 6.07) is 13.0. The first-order valence-electron chi connectivity index (χ1n) is 9.05. The predicted molar refractivity (Wildman–Crippen MR) is 105 cm³/mol. The third kappa shape index (κ3) is 6.18. The van der Waals surface area contributed by atoms with Gasteiger partial charge in [-0.1, -0.05) is 32.0 Å². The maximum Gasteiger partial charge on any atom is 0.282 e. The maximum atomic E-state index is 13.2. The summed E-state index contributed by atoms with van der Waals surface area (Å²) in [4.78, 5) is 25.3. The molecule has 0 saturated carbocycles. The van der Waals surface area contributed by atoms with E-state index in [1.165, 1.54) is 23.8 Å². The fourth-order valence-corrected chi connectivity index (χ4v) is 2.60. The lowest BCUT2D eigenvalue weighted by molar-refractivity contribution is -0.885. The van der Waals surface area contributed by atoms with Crippen molar-refractivity contribution in [3.05, 3.63) is 59.9 Å². The minimum atomic E-state index is -0.423. The summed E-state index contributed by atoms with van der Waals surface area (Å²) in [7, 11) is 1.78. The van der Waals surface area contributed by atoms with Crippen molar-refractivity contribution in [1.29, 1.82) is 0 Å². The van der Waals surface area contributed by atoms with Crippen molar-refractivity contribution in [2.45, 2.75) is 32.7 Å². The second kappa shape index (κ2) is 9.28. The largest absolute Gasteiger partial charge is 0.321 e. The Balaban J connectivity index is 1.88. The lowest BCUT2D eigenvalue weighted by Crippen LogP contribution is -3.14. The van der Waals surface area contributed by atoms with E-state index in [0.29, 0.717) is 11.6 Å². The molecule has 0 aliphatic carbocycles. The van der Waals surface area contributed by atoms with E-state index < -0.39 is 11.9 Å². The fourth-order valence-electron chi connectivity index (χ4n) is 2.60. The molecule has 0 fully saturated rings. The van der Waals surface area contributed by atoms with E-state index in [4.69, 9.17) is 0 Å². The fraction of sp³-hybridized carbons (Fsp3) is 0.333. The van der Waals surface area contributed by atoms with Crippen LogP contribution in [0.15, 0.2) is 48.5 Å². The van der Waals surface area contributed by atoms with Gasteiger partial charge in [-0.25, -0.2) is 4.39 Å². The number of amides is 2. The van der Waals surface area contributed by atoms with Crippen LogP contribution >= 0.6 is 0 Å². The van der Waals surface area contributed by atoms with Crippen LogP contribution in [-0.2, 0) is 9.59 Å². The van der Waals surface area contributed by atoms with Gasteiger partial charge < -0.3 is 15.5 Å². The van der Waals surface area contributed by atoms with Crippen LogP contribution in [0.5, 0.6) is 0 Å². The minimum Gasteiger partial charge on any atom is -0.321 e. The Kier molecular flexibility index (Phi) is 7.07. The lowest BCUT2D eigenvalue weighted by Gasteiger charge is -2.20. The summed E-state index contributed by atoms with van der Waals surface area (Å²) in [6.45, 7) is 6.09. The van der Waals surface area contributed by atoms with Gasteiger partial charge in [0.25, 0.3) is 11.8 Å². The molecule has 2 aromatic rings. The monoisotopic (exact) mass is 372 g/mol. The number of benzene rings is 2. The summed E-state index contributed by atoms with van der Waals surface area (Å²) in [5, 5.41) is 5.52. The highest BCUT2D eigenvalue weighted by Crippen LogP contribution is 2.17. The number of anilines is 2. The number of likely N-dealkylation sites (N-methyl/N-ethyl adjacent to an activating group) is 1. The first kappa shape index (κ1) is 20.6. The molecule has 2 aromatic carbocycles. The Hall–Kier alpha value is -2.73. The number of quaternary nitrogens is 1. The van der Waals surface area contributed by atoms with Crippen LogP contribution in [0, 0.1) is 5.82 Å². The SMILES string of the molecule is CC(C)c1ccc(NC(=O)[C@H](C)[NH+](C)CC(=O)Nc2cccc(F)c2)cc1. The van der Waals surface area contributed by atoms with Gasteiger partial charge in [0.2, 0.25) is 0 Å². The Bertz CT molecular complexity index is 790. The molecule has 0 aromatic heterocycles. The number of halogens is 1. The summed E-state index contributed by atoms with van der Waals surface area (Å²) in [5.74, 6) is -0.423. The van der Waals surface area contributed by atoms with Crippen LogP contribution in [0.4, 0.5) is 15.8 Å². The van der Waals surface area contributed by atoms with Crippen LogP contribution in [0.3, 0.4) is 0 Å². The van der Waals surface area contributed by atoms with Crippen LogP contribution in [0.2, 0.25) is 0 Å². The van der Waals surface area contributed by atoms with E-state index in [-0.39, 0.29) is 18.4 Å². The number of rotatable bonds is 7. The molecule has 144 valence electrons. The van der Waals surface area contributed by atoms with Crippen LogP contribution in [0.25, 0.3) is 0 Å². The topological polar surface area (TPSA) is 62.6 Å². The summed E-state index contributed by atoms with van der Waals surface area (Å²) < 4.78 is 13.2. The average Bonchev–Trinajstić information content (AvgIpc) is 2.61. The van der Waals surface area contributed by atoms with Gasteiger partial charge in [-0.15, -0.1) is 0 Å². The van der Waals surface area contributed by atoms with E-state index in [2.05, 4.69) is 24.5 Å². The quantitative estimate of drug-likeness (QED) is 0.699. The summed E-state index contributed by atoms with van der Waals surface area (Å²) in [5.41, 5.74) is 2.33. The molecule has 1 unspecified atom stereocenters. The molecule has 3 N–H and O–H groups in total. The van der Waals surface area contributed by atoms with Crippen molar-refractivity contribution in [3.63, 3.8) is 0 Å². The van der Waals surface area contributed by atoms with E-state index in [9.17, 15) is 14.0 Å². The third-order valence-corrected chi connectivity index (χ3v) is 4.53. The molecule has 0 aliphatic rings. The first-order chi connectivity index (χ1) is 12.8. The number of hydrogen-bond acceptors (Lipinski definition) is 2. The number of carbonyl (C=O) groups excluding carboxylic acids is 2. The molecule has 2 rings (SSSR count). The minimum absolute atomic E-state index is 0.0946. The van der Waals surface area contributed by atoms with Gasteiger partial charge in [-0.2, -0.15) is 0 Å². The van der Waals surface area contributed by atoms with Crippen molar-refractivity contribution in [1.82, 2.24) is 0 Å². The van der Waals surface area contributed by atoms with Crippen molar-refractivity contribution in [2.75, 3.05) is 24.2 Å². The highest BCUT2D eigenvalue weighted by Gasteiger charge is 2.24. The predicted octanol–water partition coefficient (Wildman–Crippen LogP) is 2.43. The highest BCUT2D eigenvalue weighted by molar-refractivity contribution is 5.94. The first-order valence-corrected chi connectivity index (χ1v) is 9.05. The molecule has 2 amide bonds. The van der Waals surface area contributed by atoms with Gasteiger partial charge in [-0.3, -0.25) is 9.59 Å². The molecule has 0 spiro atoms. The van der Waals surface area contributed by atoms with Gasteiger partial charge in [0.15, 0.2) is 12.6 Å². The zero-order chi connectivity index (χ0) is 20.0. The summed E-state index contributed by atoms with van der Waals surface area (Å²) in [6.07, 6.45) is 0. The molecule has 27 heavy (non-hydrogen) atoms. The zero-order valence-corrected chi connectivity index (χ0v) is 16.2. The molecule has 0 aliphatic heterocycles. The van der Waals surface area contributed by atoms with Crippen molar-refractivity contribution in [2.24, 2.45) is 0 Å². The van der Waals surface area contributed by atoms with Crippen LogP contribution < -0.4 is 15.5 Å². The second-order valence-electron chi connectivity index (χ2n) is 7.07. The normalized spacial score (nSPS) is 13.1. The molecule has 0 radical (unpaired) electrons. The Morgan fingerprint density at radius 3 is 2.26 bits per heavy atom. The van der Waals surface area contributed by atoms with Gasteiger partial charge in [-0.05, 0) is 48.7 Å². The second-order valence-corrected chi connectivity index (χ2v) is 7.07. The average molecular weight is 372 g/mol. The van der Waals surface area contributed by atoms with E-state index in [1.807, 2.05) is 24.3 Å². The number of hydrogen-bond donors (Lipinski definition) is 3. The van der Waals surface area contributed by atoms with Crippen molar-refractivity contribution >= 4 is 23.2 Å². The van der Waals surface area contributed by atoms with Crippen molar-refractivity contribution < 1.29 is 18.9 Å². The van der Waals surface area contributed by atoms with E-state index >= 15 is 0 Å². The van der Waals surface area contributed by atoms with Gasteiger partial charge >= 0.3 is 0 Å². The number of nitrogens with one attached hydrogen (secondary N) is 3. The van der Waals surface area contributed by atoms with Crippen LogP contribution in [-0.4, -0.2) is 31.4 Å². The molecule has 0 heterocycles. The highest BCUT2D eigenvalue weighted by atomic mass is 19.1. The third-order valence-electron chi connectivity index (χ3n) is 4.53. The molecule has 2 atom stereocenters. The smallest absolute Gasteiger partial charge is 0.282 e. The van der Waals surface area contributed by atoms with E-state index in [0.717, 1.165) is 10.6 Å². The Labute approximate surface area is 159 Å². The Morgan fingerprint density at radius 2 is 1.67 bits per heavy atom. The van der Waals surface area contributed by atoms with Gasteiger partial charge in [0, 0.05) is 11.4 Å². The lowest BCUT2D eigenvalue weighted by atomic mass is 10.0. The van der Waals surface area contributed by atoms with Gasteiger partial charge in [0.05, 0.1) is 7.05 Å². The molecule has 0 bridgehead atoms. The number of carbonyl (C=O) groups is 2. The van der Waals surface area contributed by atoms with E-state index in [1.54, 1.807) is 20.0 Å². The molecular weight excluding hydrogens is 345 g/mol. The molecule has 5 nitrogen and oxygen atoms in total. The summed E-state index contributed by atoms with van der Waals surface area (Å²) >= 11 is 0. The zero-order valence-electron chi connectivity index (χ0n) is 16.2. The Morgan fingerprint density at radius 1 is 1.00 bits per heavy atom.